The molecule has 17 heavy (non-hydrogen) atoms. The van der Waals surface area contributed by atoms with E-state index in [4.69, 9.17) is 10.00 Å². The lowest BCUT2D eigenvalue weighted by Gasteiger charge is -2.27. The van der Waals surface area contributed by atoms with Gasteiger partial charge >= 0.3 is 0 Å². The van der Waals surface area contributed by atoms with Crippen LogP contribution in [0.3, 0.4) is 0 Å². The van der Waals surface area contributed by atoms with Crippen LogP contribution in [0.2, 0.25) is 0 Å². The molecule has 1 heterocycles. The number of pyridine rings is 1. The lowest BCUT2D eigenvalue weighted by molar-refractivity contribution is 0.0982. The van der Waals surface area contributed by atoms with Gasteiger partial charge in [0.25, 0.3) is 0 Å². The number of nitrogens with zero attached hydrogens (tertiary/aromatic N) is 3. The maximum atomic E-state index is 8.80. The van der Waals surface area contributed by atoms with Crippen molar-refractivity contribution in [2.75, 3.05) is 20.3 Å². The first kappa shape index (κ1) is 13.6. The summed E-state index contributed by atoms with van der Waals surface area (Å²) in [5, 5.41) is 8.80. The predicted molar refractivity (Wildman–Crippen MR) is 66.4 cm³/mol. The van der Waals surface area contributed by atoms with E-state index >= 15 is 0 Å². The summed E-state index contributed by atoms with van der Waals surface area (Å²) in [5.74, 6) is 0. The van der Waals surface area contributed by atoms with Gasteiger partial charge in [-0.1, -0.05) is 6.92 Å². The first-order valence-electron chi connectivity index (χ1n) is 5.79. The van der Waals surface area contributed by atoms with E-state index in [0.29, 0.717) is 18.3 Å². The summed E-state index contributed by atoms with van der Waals surface area (Å²) in [6, 6.07) is 6.21. The zero-order chi connectivity index (χ0) is 12.7. The highest BCUT2D eigenvalue weighted by Gasteiger charge is 2.12. The third-order valence-corrected chi connectivity index (χ3v) is 2.76. The minimum Gasteiger partial charge on any atom is -0.383 e. The van der Waals surface area contributed by atoms with Crippen LogP contribution in [0.1, 0.15) is 25.1 Å². The molecule has 0 fully saturated rings. The molecule has 1 atom stereocenters. The van der Waals surface area contributed by atoms with Crippen LogP contribution in [-0.2, 0) is 11.3 Å². The molecule has 0 spiro atoms. The van der Waals surface area contributed by atoms with Gasteiger partial charge in [-0.05, 0) is 31.2 Å². The topological polar surface area (TPSA) is 49.2 Å². The Morgan fingerprint density at radius 3 is 2.94 bits per heavy atom. The summed E-state index contributed by atoms with van der Waals surface area (Å²) in [6.07, 6.45) is 1.68. The average Bonchev–Trinajstić information content (AvgIpc) is 2.36. The van der Waals surface area contributed by atoms with Gasteiger partial charge in [-0.25, -0.2) is 4.98 Å². The van der Waals surface area contributed by atoms with E-state index in [1.54, 1.807) is 13.3 Å². The third-order valence-electron chi connectivity index (χ3n) is 2.76. The fourth-order valence-electron chi connectivity index (χ4n) is 1.79. The van der Waals surface area contributed by atoms with Crippen LogP contribution in [0.25, 0.3) is 0 Å². The Hall–Kier alpha value is -1.44. The Bertz CT molecular complexity index is 386. The van der Waals surface area contributed by atoms with Gasteiger partial charge in [-0.3, -0.25) is 4.90 Å². The van der Waals surface area contributed by atoms with Crippen LogP contribution >= 0.6 is 0 Å². The summed E-state index contributed by atoms with van der Waals surface area (Å²) in [5.41, 5.74) is 1.58. The maximum absolute atomic E-state index is 8.80. The van der Waals surface area contributed by atoms with Crippen molar-refractivity contribution in [1.29, 1.82) is 5.26 Å². The van der Waals surface area contributed by atoms with E-state index in [2.05, 4.69) is 29.8 Å². The summed E-state index contributed by atoms with van der Waals surface area (Å²) in [7, 11) is 1.71. The van der Waals surface area contributed by atoms with Gasteiger partial charge in [0.2, 0.25) is 0 Å². The molecule has 1 rings (SSSR count). The van der Waals surface area contributed by atoms with Crippen LogP contribution in [0.4, 0.5) is 0 Å². The van der Waals surface area contributed by atoms with E-state index in [-0.39, 0.29) is 0 Å². The number of hydrogen-bond acceptors (Lipinski definition) is 4. The van der Waals surface area contributed by atoms with Gasteiger partial charge in [0.15, 0.2) is 0 Å². The molecular formula is C13H19N3O. The highest BCUT2D eigenvalue weighted by molar-refractivity contribution is 5.25. The Kier molecular flexibility index (Phi) is 5.61. The van der Waals surface area contributed by atoms with E-state index < -0.39 is 0 Å². The number of hydrogen-bond donors (Lipinski definition) is 0. The summed E-state index contributed by atoms with van der Waals surface area (Å²) >= 11 is 0. The normalized spacial score (nSPS) is 12.4. The molecular weight excluding hydrogens is 214 g/mol. The standard InChI is InChI=1S/C13H19N3O/c1-4-16(11(2)10-17-3)9-12-5-6-15-13(7-12)8-14/h5-7,11H,4,9-10H2,1-3H3. The maximum Gasteiger partial charge on any atom is 0.140 e. The van der Waals surface area contributed by atoms with Crippen molar-refractivity contribution in [3.63, 3.8) is 0 Å². The zero-order valence-corrected chi connectivity index (χ0v) is 10.7. The summed E-state index contributed by atoms with van der Waals surface area (Å²) in [6.45, 7) is 6.74. The van der Waals surface area contributed by atoms with E-state index in [0.717, 1.165) is 18.7 Å². The molecule has 0 aromatic carbocycles. The second kappa shape index (κ2) is 7.00. The van der Waals surface area contributed by atoms with Gasteiger partial charge < -0.3 is 4.74 Å². The van der Waals surface area contributed by atoms with Crippen LogP contribution in [0, 0.1) is 11.3 Å². The molecule has 0 aliphatic rings. The zero-order valence-electron chi connectivity index (χ0n) is 10.7. The van der Waals surface area contributed by atoms with Gasteiger partial charge in [0.1, 0.15) is 11.8 Å². The molecule has 0 aliphatic carbocycles. The second-order valence-corrected chi connectivity index (χ2v) is 4.03. The average molecular weight is 233 g/mol. The lowest BCUT2D eigenvalue weighted by Crippen LogP contribution is -2.35. The van der Waals surface area contributed by atoms with Crippen molar-refractivity contribution in [1.82, 2.24) is 9.88 Å². The van der Waals surface area contributed by atoms with Crippen LogP contribution in [0.5, 0.6) is 0 Å². The van der Waals surface area contributed by atoms with Crippen LogP contribution in [-0.4, -0.2) is 36.2 Å². The largest absolute Gasteiger partial charge is 0.383 e. The van der Waals surface area contributed by atoms with Crippen molar-refractivity contribution < 1.29 is 4.74 Å². The van der Waals surface area contributed by atoms with E-state index in [1.165, 1.54) is 0 Å². The van der Waals surface area contributed by atoms with Crippen LogP contribution < -0.4 is 0 Å². The highest BCUT2D eigenvalue weighted by Crippen LogP contribution is 2.09. The fourth-order valence-corrected chi connectivity index (χ4v) is 1.79. The number of aromatic nitrogens is 1. The molecule has 92 valence electrons. The Balaban J connectivity index is 2.70. The molecule has 1 aromatic heterocycles. The molecule has 0 saturated carbocycles. The molecule has 1 aromatic rings. The first-order chi connectivity index (χ1) is 8.21. The molecule has 0 amide bonds. The Morgan fingerprint density at radius 1 is 1.59 bits per heavy atom. The minimum atomic E-state index is 0.365. The molecule has 0 saturated heterocycles. The summed E-state index contributed by atoms with van der Waals surface area (Å²) < 4.78 is 5.16. The second-order valence-electron chi connectivity index (χ2n) is 4.03. The third kappa shape index (κ3) is 4.14. The smallest absolute Gasteiger partial charge is 0.140 e. The molecule has 0 radical (unpaired) electrons. The highest BCUT2D eigenvalue weighted by atomic mass is 16.5. The van der Waals surface area contributed by atoms with E-state index in [9.17, 15) is 0 Å². The van der Waals surface area contributed by atoms with Crippen molar-refractivity contribution in [2.45, 2.75) is 26.4 Å². The molecule has 0 bridgehead atoms. The quantitative estimate of drug-likeness (QED) is 0.752. The minimum absolute atomic E-state index is 0.365. The van der Waals surface area contributed by atoms with Gasteiger partial charge in [-0.2, -0.15) is 5.26 Å². The van der Waals surface area contributed by atoms with Crippen molar-refractivity contribution >= 4 is 0 Å². The molecule has 4 nitrogen and oxygen atoms in total. The van der Waals surface area contributed by atoms with E-state index in [1.807, 2.05) is 12.1 Å². The SMILES string of the molecule is CCN(Cc1ccnc(C#N)c1)C(C)COC. The van der Waals surface area contributed by atoms with Crippen molar-refractivity contribution in [3.8, 4) is 6.07 Å². The van der Waals surface area contributed by atoms with Gasteiger partial charge in [0.05, 0.1) is 6.61 Å². The predicted octanol–water partition coefficient (Wildman–Crippen LogP) is 1.81. The molecule has 4 heteroatoms. The number of likely N-dealkylation sites (N-methyl/N-ethyl adjacent to an activating group) is 1. The van der Waals surface area contributed by atoms with Gasteiger partial charge in [-0.15, -0.1) is 0 Å². The van der Waals surface area contributed by atoms with Crippen LogP contribution in [0.15, 0.2) is 18.3 Å². The lowest BCUT2D eigenvalue weighted by atomic mass is 10.2. The Labute approximate surface area is 103 Å². The molecule has 1 unspecified atom stereocenters. The number of methoxy groups -OCH3 is 1. The number of rotatable bonds is 6. The van der Waals surface area contributed by atoms with Crippen molar-refractivity contribution in [2.24, 2.45) is 0 Å². The number of ether oxygens (including phenoxy) is 1. The fraction of sp³-hybridized carbons (Fsp3) is 0.538. The molecule has 0 aliphatic heterocycles. The summed E-state index contributed by atoms with van der Waals surface area (Å²) in [4.78, 5) is 6.27. The first-order valence-corrected chi connectivity index (χ1v) is 5.79. The van der Waals surface area contributed by atoms with Gasteiger partial charge in [0, 0.05) is 25.9 Å². The number of nitriles is 1. The Morgan fingerprint density at radius 2 is 2.35 bits per heavy atom. The van der Waals surface area contributed by atoms with Crippen molar-refractivity contribution in [3.05, 3.63) is 29.6 Å². The molecule has 0 N–H and O–H groups in total. The monoisotopic (exact) mass is 233 g/mol.